The Hall–Kier alpha value is -3.69. The van der Waals surface area contributed by atoms with Crippen molar-refractivity contribution in [3.8, 4) is 22.9 Å². The standard InChI is InChI=1S/C21H17F5N6O4S/c1-3-37(34,35)14-6-11(16-29-18(36-30-16)10-4-5-10)8-27-15(14)17-28-13-7-12(20(22,23)21(24,25)26)9-32(33)19(13)31(17)2/h6-10H,3-5H2,1-2H3. The zero-order chi connectivity index (χ0) is 26.9. The summed E-state index contributed by atoms with van der Waals surface area (Å²) in [6.07, 6.45) is -2.79. The first-order chi connectivity index (χ1) is 17.2. The van der Waals surface area contributed by atoms with Crippen LogP contribution in [0.15, 0.2) is 33.9 Å². The molecule has 10 nitrogen and oxygen atoms in total. The van der Waals surface area contributed by atoms with Crippen LogP contribution in [0.1, 0.15) is 37.1 Å². The molecule has 4 aromatic rings. The lowest BCUT2D eigenvalue weighted by Crippen LogP contribution is -2.37. The Morgan fingerprint density at radius 1 is 1.19 bits per heavy atom. The number of aromatic nitrogens is 6. The second kappa shape index (κ2) is 8.16. The van der Waals surface area contributed by atoms with Crippen molar-refractivity contribution in [3.05, 3.63) is 41.2 Å². The smallest absolute Gasteiger partial charge is 0.458 e. The van der Waals surface area contributed by atoms with Crippen LogP contribution < -0.4 is 4.73 Å². The van der Waals surface area contributed by atoms with E-state index < -0.39 is 33.0 Å². The van der Waals surface area contributed by atoms with E-state index in [4.69, 9.17) is 4.52 Å². The molecule has 0 N–H and O–H groups in total. The number of hydrogen-bond acceptors (Lipinski definition) is 8. The highest BCUT2D eigenvalue weighted by molar-refractivity contribution is 7.91. The molecule has 5 rings (SSSR count). The van der Waals surface area contributed by atoms with Crippen molar-refractivity contribution in [2.45, 2.75) is 42.7 Å². The predicted octanol–water partition coefficient (Wildman–Crippen LogP) is 3.64. The first kappa shape index (κ1) is 25.0. The Balaban J connectivity index is 1.68. The molecule has 0 unspecified atom stereocenters. The third-order valence-electron chi connectivity index (χ3n) is 5.97. The van der Waals surface area contributed by atoms with Crippen LogP contribution >= 0.6 is 0 Å². The fourth-order valence-electron chi connectivity index (χ4n) is 3.76. The van der Waals surface area contributed by atoms with E-state index in [9.17, 15) is 35.6 Å². The maximum absolute atomic E-state index is 13.9. The number of aryl methyl sites for hydroxylation is 1. The largest absolute Gasteiger partial charge is 0.711 e. The molecule has 37 heavy (non-hydrogen) atoms. The normalized spacial score (nSPS) is 15.0. The Bertz CT molecular complexity index is 1640. The summed E-state index contributed by atoms with van der Waals surface area (Å²) in [4.78, 5) is 12.1. The fourth-order valence-corrected chi connectivity index (χ4v) is 4.82. The molecular weight excluding hydrogens is 527 g/mol. The van der Waals surface area contributed by atoms with E-state index in [1.54, 1.807) is 0 Å². The van der Waals surface area contributed by atoms with Gasteiger partial charge in [-0.3, -0.25) is 0 Å². The number of pyridine rings is 2. The Kier molecular flexibility index (Phi) is 5.51. The van der Waals surface area contributed by atoms with Crippen molar-refractivity contribution in [3.63, 3.8) is 0 Å². The van der Waals surface area contributed by atoms with Crippen molar-refractivity contribution in [2.75, 3.05) is 5.75 Å². The number of fused-ring (bicyclic) bond motifs is 1. The minimum absolute atomic E-state index is 0.106. The van der Waals surface area contributed by atoms with Crippen LogP contribution in [0, 0.1) is 5.21 Å². The maximum atomic E-state index is 13.9. The van der Waals surface area contributed by atoms with Gasteiger partial charge < -0.3 is 9.73 Å². The Morgan fingerprint density at radius 2 is 1.89 bits per heavy atom. The lowest BCUT2D eigenvalue weighted by Gasteiger charge is -2.20. The number of sulfone groups is 1. The Labute approximate surface area is 205 Å². The minimum Gasteiger partial charge on any atom is -0.711 e. The van der Waals surface area contributed by atoms with Gasteiger partial charge in [-0.2, -0.15) is 31.9 Å². The zero-order valence-corrected chi connectivity index (χ0v) is 19.9. The van der Waals surface area contributed by atoms with Gasteiger partial charge in [0.1, 0.15) is 11.9 Å². The molecule has 0 amide bonds. The summed E-state index contributed by atoms with van der Waals surface area (Å²) < 4.78 is 98.4. The van der Waals surface area contributed by atoms with Crippen molar-refractivity contribution in [1.82, 2.24) is 24.7 Å². The Morgan fingerprint density at radius 3 is 2.51 bits per heavy atom. The van der Waals surface area contributed by atoms with E-state index in [1.165, 1.54) is 26.2 Å². The SMILES string of the molecule is CCS(=O)(=O)c1cc(-c2noc(C3CC3)n2)cnc1-c1nc2cc(C(F)(F)C(F)(F)F)c[n+]([O-])c2n1C. The molecule has 0 bridgehead atoms. The van der Waals surface area contributed by atoms with E-state index in [0.29, 0.717) is 12.0 Å². The zero-order valence-electron chi connectivity index (χ0n) is 19.1. The van der Waals surface area contributed by atoms with Crippen LogP contribution in [-0.2, 0) is 22.8 Å². The van der Waals surface area contributed by atoms with Gasteiger partial charge in [-0.1, -0.05) is 12.1 Å². The lowest BCUT2D eigenvalue weighted by atomic mass is 10.1. The van der Waals surface area contributed by atoms with Gasteiger partial charge in [0.05, 0.1) is 23.3 Å². The quantitative estimate of drug-likeness (QED) is 0.204. The third-order valence-corrected chi connectivity index (χ3v) is 7.71. The van der Waals surface area contributed by atoms with Crippen molar-refractivity contribution < 1.29 is 39.6 Å². The van der Waals surface area contributed by atoms with Crippen molar-refractivity contribution in [1.29, 1.82) is 0 Å². The van der Waals surface area contributed by atoms with E-state index in [-0.39, 0.29) is 56.0 Å². The molecule has 0 saturated heterocycles. The first-order valence-corrected chi connectivity index (χ1v) is 12.5. The highest BCUT2D eigenvalue weighted by Gasteiger charge is 2.59. The first-order valence-electron chi connectivity index (χ1n) is 10.9. The number of rotatable bonds is 6. The van der Waals surface area contributed by atoms with Crippen molar-refractivity contribution >= 4 is 21.0 Å². The highest BCUT2D eigenvalue weighted by Crippen LogP contribution is 2.44. The summed E-state index contributed by atoms with van der Waals surface area (Å²) in [6, 6.07) is 1.68. The lowest BCUT2D eigenvalue weighted by molar-refractivity contribution is -0.581. The second-order valence-electron chi connectivity index (χ2n) is 8.53. The average molecular weight is 544 g/mol. The molecule has 196 valence electrons. The van der Waals surface area contributed by atoms with Crippen LogP contribution in [0.5, 0.6) is 0 Å². The molecule has 16 heteroatoms. The fraction of sp³-hybridized carbons (Fsp3) is 0.381. The number of hydrogen-bond donors (Lipinski definition) is 0. The van der Waals surface area contributed by atoms with Gasteiger partial charge in [-0.15, -0.1) is 0 Å². The molecule has 1 aliphatic rings. The topological polar surface area (TPSA) is 131 Å². The number of nitrogens with zero attached hydrogens (tertiary/aromatic N) is 6. The van der Waals surface area contributed by atoms with E-state index in [0.717, 1.165) is 17.4 Å². The van der Waals surface area contributed by atoms with Gasteiger partial charge >= 0.3 is 17.7 Å². The van der Waals surface area contributed by atoms with E-state index in [1.807, 2.05) is 0 Å². The average Bonchev–Trinajstić information content (AvgIpc) is 3.46. The number of halogens is 5. The summed E-state index contributed by atoms with van der Waals surface area (Å²) in [5.74, 6) is -5.22. The molecule has 0 atom stereocenters. The van der Waals surface area contributed by atoms with Crippen LogP contribution in [0.4, 0.5) is 22.0 Å². The molecule has 0 aromatic carbocycles. The molecule has 1 fully saturated rings. The maximum Gasteiger partial charge on any atom is 0.458 e. The van der Waals surface area contributed by atoms with Crippen LogP contribution in [0.25, 0.3) is 34.1 Å². The minimum atomic E-state index is -5.94. The van der Waals surface area contributed by atoms with E-state index in [2.05, 4.69) is 20.1 Å². The van der Waals surface area contributed by atoms with Crippen LogP contribution in [0.3, 0.4) is 0 Å². The molecular formula is C21H17F5N6O4S. The van der Waals surface area contributed by atoms with Gasteiger partial charge in [-0.25, -0.2) is 22.7 Å². The molecule has 1 aliphatic carbocycles. The van der Waals surface area contributed by atoms with Gasteiger partial charge in [0.25, 0.3) is 0 Å². The van der Waals surface area contributed by atoms with Crippen LogP contribution in [-0.4, -0.2) is 45.0 Å². The summed E-state index contributed by atoms with van der Waals surface area (Å²) >= 11 is 0. The van der Waals surface area contributed by atoms with E-state index >= 15 is 0 Å². The van der Waals surface area contributed by atoms with Gasteiger partial charge in [0.15, 0.2) is 15.4 Å². The summed E-state index contributed by atoms with van der Waals surface area (Å²) in [6.45, 7) is 1.39. The monoisotopic (exact) mass is 544 g/mol. The van der Waals surface area contributed by atoms with Crippen LogP contribution in [0.2, 0.25) is 0 Å². The summed E-state index contributed by atoms with van der Waals surface area (Å²) in [5, 5.41) is 16.3. The highest BCUT2D eigenvalue weighted by atomic mass is 32.2. The third kappa shape index (κ3) is 4.08. The molecule has 0 spiro atoms. The molecule has 4 aromatic heterocycles. The number of alkyl halides is 5. The molecule has 0 radical (unpaired) electrons. The predicted molar refractivity (Wildman–Crippen MR) is 116 cm³/mol. The molecule has 1 saturated carbocycles. The molecule has 4 heterocycles. The second-order valence-corrected chi connectivity index (χ2v) is 10.8. The number of imidazole rings is 1. The van der Waals surface area contributed by atoms with Crippen molar-refractivity contribution in [2.24, 2.45) is 7.05 Å². The van der Waals surface area contributed by atoms with Gasteiger partial charge in [-0.05, 0) is 25.0 Å². The summed E-state index contributed by atoms with van der Waals surface area (Å²) in [5.41, 5.74) is -2.52. The summed E-state index contributed by atoms with van der Waals surface area (Å²) in [7, 11) is -2.70. The van der Waals surface area contributed by atoms with Gasteiger partial charge in [0.2, 0.25) is 17.5 Å². The molecule has 0 aliphatic heterocycles. The van der Waals surface area contributed by atoms with Gasteiger partial charge in [0, 0.05) is 17.7 Å².